The minimum Gasteiger partial charge on any atom is -0.493 e. The number of ether oxygens (including phenoxy) is 1. The average Bonchev–Trinajstić information content (AvgIpc) is 3.10. The Bertz CT molecular complexity index is 1520. The topological polar surface area (TPSA) is 127 Å². The maximum absolute atomic E-state index is 13.4. The number of fused-ring (bicyclic) bond motifs is 3. The van der Waals surface area contributed by atoms with Gasteiger partial charge >= 0.3 is 0 Å². The van der Waals surface area contributed by atoms with Crippen LogP contribution in [0.1, 0.15) is 17.5 Å². The van der Waals surface area contributed by atoms with Crippen LogP contribution in [-0.4, -0.2) is 38.0 Å². The first-order valence-electron chi connectivity index (χ1n) is 10.4. The number of hydrogen-bond acceptors (Lipinski definition) is 6. The van der Waals surface area contributed by atoms with E-state index in [1.807, 2.05) is 36.5 Å². The largest absolute Gasteiger partial charge is 0.493 e. The SMILES string of the molecule is O=[N+]([O-])O.O=c1c(Cc2cccnc2)cn2c3cc(Br)ccc3c3cc(OCCCO)cc1c32. The molecule has 3 aromatic heterocycles. The highest BCUT2D eigenvalue weighted by molar-refractivity contribution is 9.10. The van der Waals surface area contributed by atoms with Crippen molar-refractivity contribution in [3.8, 4) is 5.75 Å². The summed E-state index contributed by atoms with van der Waals surface area (Å²) in [5.74, 6) is 0.642. The lowest BCUT2D eigenvalue weighted by atomic mass is 10.0. The fourth-order valence-electron chi connectivity index (χ4n) is 4.01. The van der Waals surface area contributed by atoms with Gasteiger partial charge in [-0.25, -0.2) is 0 Å². The number of aliphatic hydroxyl groups excluding tert-OH is 1. The zero-order valence-electron chi connectivity index (χ0n) is 17.8. The number of halogens is 1. The second-order valence-corrected chi connectivity index (χ2v) is 8.50. The molecule has 0 unspecified atom stereocenters. The second-order valence-electron chi connectivity index (χ2n) is 7.58. The third kappa shape index (κ3) is 4.78. The lowest BCUT2D eigenvalue weighted by Gasteiger charge is -2.09. The molecule has 5 aromatic rings. The molecule has 0 bridgehead atoms. The summed E-state index contributed by atoms with van der Waals surface area (Å²) in [5.41, 5.74) is 3.64. The van der Waals surface area contributed by atoms with E-state index in [0.29, 0.717) is 36.1 Å². The molecule has 5 rings (SSSR count). The van der Waals surface area contributed by atoms with Gasteiger partial charge in [-0.1, -0.05) is 28.1 Å². The van der Waals surface area contributed by atoms with Crippen LogP contribution >= 0.6 is 15.9 Å². The fourth-order valence-corrected chi connectivity index (χ4v) is 4.36. The molecule has 0 saturated carbocycles. The first-order chi connectivity index (χ1) is 16.4. The minimum absolute atomic E-state index is 0.00540. The maximum atomic E-state index is 13.4. The summed E-state index contributed by atoms with van der Waals surface area (Å²) in [6.07, 6.45) is 6.52. The van der Waals surface area contributed by atoms with E-state index in [4.69, 9.17) is 25.2 Å². The lowest BCUT2D eigenvalue weighted by Crippen LogP contribution is -2.12. The highest BCUT2D eigenvalue weighted by Gasteiger charge is 2.18. The number of nitrogens with zero attached hydrogens (tertiary/aromatic N) is 3. The van der Waals surface area contributed by atoms with Crippen molar-refractivity contribution in [2.24, 2.45) is 0 Å². The molecule has 0 spiro atoms. The van der Waals surface area contributed by atoms with Crippen molar-refractivity contribution in [1.82, 2.24) is 9.38 Å². The quantitative estimate of drug-likeness (QED) is 0.193. The van der Waals surface area contributed by atoms with Crippen molar-refractivity contribution in [2.75, 3.05) is 13.2 Å². The first kappa shape index (κ1) is 23.4. The van der Waals surface area contributed by atoms with Crippen LogP contribution in [0.2, 0.25) is 0 Å². The number of pyridine rings is 2. The smallest absolute Gasteiger partial charge is 0.291 e. The Morgan fingerprint density at radius 3 is 2.62 bits per heavy atom. The molecule has 0 aliphatic rings. The number of rotatable bonds is 6. The van der Waals surface area contributed by atoms with Gasteiger partial charge in [0.05, 0.1) is 23.0 Å². The number of hydrogen-bond donors (Lipinski definition) is 2. The Morgan fingerprint density at radius 2 is 1.91 bits per heavy atom. The molecule has 34 heavy (non-hydrogen) atoms. The summed E-state index contributed by atoms with van der Waals surface area (Å²) in [4.78, 5) is 26.0. The number of aliphatic hydroxyl groups is 1. The van der Waals surface area contributed by atoms with E-state index in [1.165, 1.54) is 0 Å². The van der Waals surface area contributed by atoms with Gasteiger partial charge in [-0.15, -0.1) is 10.1 Å². The molecule has 0 amide bonds. The van der Waals surface area contributed by atoms with Gasteiger partial charge in [0.1, 0.15) is 5.75 Å². The second kappa shape index (κ2) is 10.0. The van der Waals surface area contributed by atoms with Gasteiger partial charge in [-0.3, -0.25) is 9.78 Å². The molecular weight excluding hydrogens is 506 g/mol. The van der Waals surface area contributed by atoms with Gasteiger partial charge in [0.2, 0.25) is 0 Å². The number of benzene rings is 2. The summed E-state index contributed by atoms with van der Waals surface area (Å²) in [5, 5.41) is 25.4. The van der Waals surface area contributed by atoms with Crippen LogP contribution in [0.3, 0.4) is 0 Å². The van der Waals surface area contributed by atoms with E-state index in [1.54, 1.807) is 12.4 Å². The van der Waals surface area contributed by atoms with Crippen LogP contribution in [0.15, 0.2) is 70.3 Å². The van der Waals surface area contributed by atoms with E-state index in [2.05, 4.69) is 37.4 Å². The summed E-state index contributed by atoms with van der Waals surface area (Å²) in [6, 6.07) is 13.8. The Labute approximate surface area is 201 Å². The molecule has 0 aliphatic carbocycles. The zero-order valence-corrected chi connectivity index (χ0v) is 19.4. The van der Waals surface area contributed by atoms with Crippen molar-refractivity contribution in [3.63, 3.8) is 0 Å². The lowest BCUT2D eigenvalue weighted by molar-refractivity contribution is -0.742. The van der Waals surface area contributed by atoms with Gasteiger partial charge in [-0.2, -0.15) is 0 Å². The standard InChI is InChI=1S/C24H19BrN2O3.HNO3/c25-17-4-5-19-20-11-18(30-8-2-7-28)12-21-23(20)27(22(19)10-17)14-16(24(21)29)9-15-3-1-6-26-13-15;2-1(3)4/h1,3-6,10-14,28H,2,7-9H2;(H,2,3,4). The van der Waals surface area contributed by atoms with Gasteiger partial charge < -0.3 is 19.5 Å². The molecule has 9 nitrogen and oxygen atoms in total. The summed E-state index contributed by atoms with van der Waals surface area (Å²) in [7, 11) is 0. The van der Waals surface area contributed by atoms with Gasteiger partial charge in [0.25, 0.3) is 5.09 Å². The normalized spacial score (nSPS) is 11.0. The van der Waals surface area contributed by atoms with Gasteiger partial charge in [0.15, 0.2) is 5.43 Å². The average molecular weight is 526 g/mol. The number of aromatic nitrogens is 2. The molecular formula is C24H20BrN3O6. The van der Waals surface area contributed by atoms with E-state index in [-0.39, 0.29) is 12.0 Å². The summed E-state index contributed by atoms with van der Waals surface area (Å²) >= 11 is 3.57. The Kier molecular flexibility index (Phi) is 6.90. The van der Waals surface area contributed by atoms with Crippen molar-refractivity contribution in [3.05, 3.63) is 97.0 Å². The molecule has 0 aliphatic heterocycles. The van der Waals surface area contributed by atoms with E-state index < -0.39 is 5.09 Å². The van der Waals surface area contributed by atoms with E-state index in [9.17, 15) is 4.79 Å². The zero-order chi connectivity index (χ0) is 24.2. The molecule has 0 saturated heterocycles. The van der Waals surface area contributed by atoms with E-state index in [0.717, 1.165) is 31.8 Å². The maximum Gasteiger partial charge on any atom is 0.291 e. The van der Waals surface area contributed by atoms with E-state index >= 15 is 0 Å². The first-order valence-corrected chi connectivity index (χ1v) is 11.2. The predicted octanol–water partition coefficient (Wildman–Crippen LogP) is 4.21. The molecule has 10 heteroatoms. The highest BCUT2D eigenvalue weighted by atomic mass is 79.9. The summed E-state index contributed by atoms with van der Waals surface area (Å²) < 4.78 is 8.93. The van der Waals surface area contributed by atoms with Crippen molar-refractivity contribution in [1.29, 1.82) is 0 Å². The molecule has 0 fully saturated rings. The third-order valence-corrected chi connectivity index (χ3v) is 5.84. The molecule has 174 valence electrons. The fraction of sp³-hybridized carbons (Fsp3) is 0.167. The third-order valence-electron chi connectivity index (χ3n) is 5.34. The van der Waals surface area contributed by atoms with Crippen LogP contribution in [0.4, 0.5) is 0 Å². The Hall–Kier alpha value is -3.76. The van der Waals surface area contributed by atoms with Crippen molar-refractivity contribution >= 4 is 43.1 Å². The molecule has 0 atom stereocenters. The van der Waals surface area contributed by atoms with Crippen LogP contribution < -0.4 is 10.2 Å². The van der Waals surface area contributed by atoms with Crippen LogP contribution in [0.25, 0.3) is 27.2 Å². The van der Waals surface area contributed by atoms with Crippen LogP contribution in [0.5, 0.6) is 5.75 Å². The molecule has 2 aromatic carbocycles. The van der Waals surface area contributed by atoms with Crippen molar-refractivity contribution in [2.45, 2.75) is 12.8 Å². The van der Waals surface area contributed by atoms with Gasteiger partial charge in [-0.05, 0) is 35.9 Å². The molecule has 2 N–H and O–H groups in total. The summed E-state index contributed by atoms with van der Waals surface area (Å²) in [6.45, 7) is 0.470. The Morgan fingerprint density at radius 1 is 1.15 bits per heavy atom. The van der Waals surface area contributed by atoms with Crippen LogP contribution in [-0.2, 0) is 6.42 Å². The molecule has 0 radical (unpaired) electrons. The molecule has 3 heterocycles. The predicted molar refractivity (Wildman–Crippen MR) is 131 cm³/mol. The minimum atomic E-state index is -1.50. The monoisotopic (exact) mass is 525 g/mol. The Balaban J connectivity index is 0.000000636. The highest BCUT2D eigenvalue weighted by Crippen LogP contribution is 2.35. The van der Waals surface area contributed by atoms with Crippen molar-refractivity contribution < 1.29 is 20.1 Å². The van der Waals surface area contributed by atoms with Gasteiger partial charge in [0, 0.05) is 58.8 Å². The van der Waals surface area contributed by atoms with Crippen LogP contribution in [0, 0.1) is 10.1 Å².